The fraction of sp³-hybridized carbons (Fsp3) is 0.706. The topological polar surface area (TPSA) is 80.5 Å². The van der Waals surface area contributed by atoms with E-state index >= 15 is 0 Å². The van der Waals surface area contributed by atoms with E-state index in [0.29, 0.717) is 22.9 Å². The van der Waals surface area contributed by atoms with Gasteiger partial charge in [0.25, 0.3) is 6.48 Å². The van der Waals surface area contributed by atoms with Crippen molar-refractivity contribution in [2.75, 3.05) is 13.7 Å². The smallest absolute Gasteiger partial charge is 0.272 e. The molecule has 142 valence electrons. The maximum Gasteiger partial charge on any atom is 0.272 e. The summed E-state index contributed by atoms with van der Waals surface area (Å²) in [6.45, 7) is 6.05. The standard InChI is InChI=1S/C17H23ClN4O4/c1-17(2,3)24-6-9-5-10(13-12(9)25-16(23-4)26-13)22-8-21-11-14(18)19-7-20-15(11)22/h7-10,12-13,16H,5-6H2,1-4H3/t9-,10-,12?,13?,16?/m0/s1. The molecule has 2 fully saturated rings. The molecule has 1 saturated carbocycles. The number of fused-ring (bicyclic) bond motifs is 2. The molecule has 2 aliphatic rings. The maximum absolute atomic E-state index is 6.14. The van der Waals surface area contributed by atoms with Crippen LogP contribution < -0.4 is 0 Å². The van der Waals surface area contributed by atoms with Crippen LogP contribution in [0.5, 0.6) is 0 Å². The number of imidazole rings is 1. The third-order valence-electron chi connectivity index (χ3n) is 4.84. The minimum atomic E-state index is -0.669. The van der Waals surface area contributed by atoms with Crippen molar-refractivity contribution in [3.63, 3.8) is 0 Å². The van der Waals surface area contributed by atoms with Gasteiger partial charge in [0.05, 0.1) is 30.7 Å². The van der Waals surface area contributed by atoms with Gasteiger partial charge in [-0.25, -0.2) is 15.0 Å². The normalized spacial score (nSPS) is 31.7. The Morgan fingerprint density at radius 2 is 2.00 bits per heavy atom. The van der Waals surface area contributed by atoms with Gasteiger partial charge >= 0.3 is 0 Å². The van der Waals surface area contributed by atoms with Gasteiger partial charge in [0.15, 0.2) is 10.8 Å². The molecule has 5 atom stereocenters. The minimum absolute atomic E-state index is 0.00434. The summed E-state index contributed by atoms with van der Waals surface area (Å²) in [6, 6.07) is 0.00434. The largest absolute Gasteiger partial charge is 0.375 e. The molecule has 9 heteroatoms. The zero-order valence-corrected chi connectivity index (χ0v) is 16.0. The molecule has 0 spiro atoms. The number of ether oxygens (including phenoxy) is 4. The van der Waals surface area contributed by atoms with Gasteiger partial charge in [-0.05, 0) is 27.2 Å². The fourth-order valence-electron chi connectivity index (χ4n) is 3.68. The molecule has 26 heavy (non-hydrogen) atoms. The number of nitrogens with zero attached hydrogens (tertiary/aromatic N) is 4. The van der Waals surface area contributed by atoms with Crippen LogP contribution in [0.3, 0.4) is 0 Å². The van der Waals surface area contributed by atoms with Crippen LogP contribution >= 0.6 is 11.6 Å². The summed E-state index contributed by atoms with van der Waals surface area (Å²) in [7, 11) is 1.57. The second-order valence-electron chi connectivity index (χ2n) is 7.70. The molecule has 1 aliphatic heterocycles. The van der Waals surface area contributed by atoms with Gasteiger partial charge in [-0.1, -0.05) is 11.6 Å². The van der Waals surface area contributed by atoms with Gasteiger partial charge < -0.3 is 23.5 Å². The van der Waals surface area contributed by atoms with Crippen molar-refractivity contribution in [2.24, 2.45) is 5.92 Å². The minimum Gasteiger partial charge on any atom is -0.375 e. The van der Waals surface area contributed by atoms with E-state index < -0.39 is 6.48 Å². The van der Waals surface area contributed by atoms with E-state index in [4.69, 9.17) is 30.5 Å². The van der Waals surface area contributed by atoms with Crippen LogP contribution in [-0.4, -0.2) is 57.5 Å². The number of aromatic nitrogens is 4. The van der Waals surface area contributed by atoms with Gasteiger partial charge in [0, 0.05) is 13.0 Å². The van der Waals surface area contributed by atoms with Crippen molar-refractivity contribution in [1.29, 1.82) is 0 Å². The van der Waals surface area contributed by atoms with Crippen LogP contribution in [0.2, 0.25) is 5.15 Å². The second-order valence-corrected chi connectivity index (χ2v) is 8.06. The van der Waals surface area contributed by atoms with Crippen molar-refractivity contribution >= 4 is 22.8 Å². The SMILES string of the molecule is COC1OC2C(O1)[C@@H](n1cnc3c(Cl)ncnc31)C[C@H]2COC(C)(C)C. The summed E-state index contributed by atoms with van der Waals surface area (Å²) in [4.78, 5) is 12.7. The van der Waals surface area contributed by atoms with Gasteiger partial charge in [-0.15, -0.1) is 0 Å². The lowest BCUT2D eigenvalue weighted by molar-refractivity contribution is -0.238. The molecule has 0 aromatic carbocycles. The fourth-order valence-corrected chi connectivity index (χ4v) is 3.86. The molecule has 2 aromatic rings. The van der Waals surface area contributed by atoms with Crippen LogP contribution in [0.25, 0.3) is 11.2 Å². The molecule has 4 rings (SSSR count). The first-order valence-electron chi connectivity index (χ1n) is 8.68. The van der Waals surface area contributed by atoms with E-state index in [1.807, 2.05) is 25.3 Å². The third-order valence-corrected chi connectivity index (χ3v) is 5.12. The Morgan fingerprint density at radius 3 is 2.73 bits per heavy atom. The van der Waals surface area contributed by atoms with E-state index in [1.54, 1.807) is 13.4 Å². The molecule has 0 radical (unpaired) electrons. The lowest BCUT2D eigenvalue weighted by Gasteiger charge is -2.24. The van der Waals surface area contributed by atoms with Gasteiger partial charge in [0.1, 0.15) is 17.9 Å². The lowest BCUT2D eigenvalue weighted by Crippen LogP contribution is -2.30. The molecule has 2 aromatic heterocycles. The predicted octanol–water partition coefficient (Wildman–Crippen LogP) is 2.57. The summed E-state index contributed by atoms with van der Waals surface area (Å²) in [5, 5.41) is 0.342. The molecular formula is C17H23ClN4O4. The van der Waals surface area contributed by atoms with E-state index in [9.17, 15) is 0 Å². The number of rotatable bonds is 4. The zero-order valence-electron chi connectivity index (χ0n) is 15.3. The second kappa shape index (κ2) is 6.69. The first-order chi connectivity index (χ1) is 12.4. The number of hydrogen-bond donors (Lipinski definition) is 0. The Balaban J connectivity index is 1.64. The predicted molar refractivity (Wildman–Crippen MR) is 93.7 cm³/mol. The summed E-state index contributed by atoms with van der Waals surface area (Å²) >= 11 is 6.14. The summed E-state index contributed by atoms with van der Waals surface area (Å²) in [5.74, 6) is 0.180. The molecule has 0 N–H and O–H groups in total. The highest BCUT2D eigenvalue weighted by Crippen LogP contribution is 2.45. The highest BCUT2D eigenvalue weighted by Gasteiger charge is 2.52. The number of halogens is 1. The van der Waals surface area contributed by atoms with Crippen LogP contribution in [0, 0.1) is 5.92 Å². The average Bonchev–Trinajstić information content (AvgIpc) is 3.25. The monoisotopic (exact) mass is 382 g/mol. The summed E-state index contributed by atoms with van der Waals surface area (Å²) in [6.07, 6.45) is 3.74. The van der Waals surface area contributed by atoms with Crippen molar-refractivity contribution in [2.45, 2.75) is 57.5 Å². The molecule has 1 saturated heterocycles. The van der Waals surface area contributed by atoms with Crippen molar-refractivity contribution in [1.82, 2.24) is 19.5 Å². The summed E-state index contributed by atoms with van der Waals surface area (Å²) in [5.41, 5.74) is 1.06. The number of methoxy groups -OCH3 is 1. The Hall–Kier alpha value is -1.32. The van der Waals surface area contributed by atoms with Crippen molar-refractivity contribution in [3.05, 3.63) is 17.8 Å². The van der Waals surface area contributed by atoms with Crippen molar-refractivity contribution in [3.8, 4) is 0 Å². The zero-order chi connectivity index (χ0) is 18.5. The molecule has 0 amide bonds. The van der Waals surface area contributed by atoms with E-state index in [1.165, 1.54) is 6.33 Å². The van der Waals surface area contributed by atoms with Crippen molar-refractivity contribution < 1.29 is 18.9 Å². The first kappa shape index (κ1) is 18.1. The van der Waals surface area contributed by atoms with Gasteiger partial charge in [-0.3, -0.25) is 0 Å². The van der Waals surface area contributed by atoms with E-state index in [-0.39, 0.29) is 29.8 Å². The Morgan fingerprint density at radius 1 is 1.23 bits per heavy atom. The first-order valence-corrected chi connectivity index (χ1v) is 9.06. The van der Waals surface area contributed by atoms with E-state index in [0.717, 1.165) is 6.42 Å². The van der Waals surface area contributed by atoms with Crippen LogP contribution in [-0.2, 0) is 18.9 Å². The van der Waals surface area contributed by atoms with Gasteiger partial charge in [0.2, 0.25) is 0 Å². The molecular weight excluding hydrogens is 360 g/mol. The Kier molecular flexibility index (Phi) is 4.65. The molecule has 0 bridgehead atoms. The molecule has 1 aliphatic carbocycles. The van der Waals surface area contributed by atoms with E-state index in [2.05, 4.69) is 15.0 Å². The Bertz CT molecular complexity index is 793. The maximum atomic E-state index is 6.14. The molecule has 3 unspecified atom stereocenters. The summed E-state index contributed by atoms with van der Waals surface area (Å²) < 4.78 is 25.2. The quantitative estimate of drug-likeness (QED) is 0.751. The van der Waals surface area contributed by atoms with Crippen LogP contribution in [0.4, 0.5) is 0 Å². The lowest BCUT2D eigenvalue weighted by atomic mass is 10.1. The van der Waals surface area contributed by atoms with Gasteiger partial charge in [-0.2, -0.15) is 0 Å². The Labute approximate surface area is 156 Å². The average molecular weight is 383 g/mol. The molecule has 8 nitrogen and oxygen atoms in total. The highest BCUT2D eigenvalue weighted by molar-refractivity contribution is 6.33. The number of hydrogen-bond acceptors (Lipinski definition) is 7. The van der Waals surface area contributed by atoms with Crippen LogP contribution in [0.15, 0.2) is 12.7 Å². The highest BCUT2D eigenvalue weighted by atomic mass is 35.5. The molecule has 3 heterocycles. The third kappa shape index (κ3) is 3.20. The van der Waals surface area contributed by atoms with Crippen LogP contribution in [0.1, 0.15) is 33.2 Å².